The lowest BCUT2D eigenvalue weighted by molar-refractivity contribution is -0.221. The van der Waals surface area contributed by atoms with E-state index in [0.29, 0.717) is 47.9 Å². The zero-order chi connectivity index (χ0) is 40.3. The van der Waals surface area contributed by atoms with Gasteiger partial charge in [-0.2, -0.15) is 0 Å². The number of phenolic OH excluding ortho intramolecular Hbond substituents is 2. The lowest BCUT2D eigenvalue weighted by Crippen LogP contribution is -2.65. The van der Waals surface area contributed by atoms with Gasteiger partial charge in [-0.1, -0.05) is 54.3 Å². The first-order valence-electron chi connectivity index (χ1n) is 20.6. The number of ether oxygens (including phenoxy) is 2. The monoisotopic (exact) mass is 784 g/mol. The van der Waals surface area contributed by atoms with Gasteiger partial charge >= 0.3 is 11.9 Å². The number of fused-ring (bicyclic) bond motifs is 9. The average molecular weight is 785 g/mol. The quantitative estimate of drug-likeness (QED) is 0.0949. The molecule has 3 aromatic rings. The fourth-order valence-electron chi connectivity index (χ4n) is 11.1. The van der Waals surface area contributed by atoms with Gasteiger partial charge < -0.3 is 35.0 Å². The van der Waals surface area contributed by atoms with Gasteiger partial charge in [-0.15, -0.1) is 0 Å². The second kappa shape index (κ2) is 15.2. The zero-order valence-electron chi connectivity index (χ0n) is 32.2. The van der Waals surface area contributed by atoms with Crippen LogP contribution in [0.2, 0.25) is 0 Å². The van der Waals surface area contributed by atoms with Crippen molar-refractivity contribution in [1.82, 2.24) is 0 Å². The van der Waals surface area contributed by atoms with E-state index in [4.69, 9.17) is 9.47 Å². The minimum atomic E-state index is -1.62. The SMILES string of the molecule is O=C1CC2C#CC(c3cc(O)cc(CO)c3)CC3=CC(O)Cc4cccc(c4)CC4C(=O)CCC5C4CC4C=CCCC4C5(O)C(Cc4cc2c(cc4O)O1)OC3=O. The molecule has 300 valence electrons. The molecule has 0 spiro atoms. The van der Waals surface area contributed by atoms with Gasteiger partial charge in [0.2, 0.25) is 0 Å². The van der Waals surface area contributed by atoms with Crippen LogP contribution in [-0.4, -0.2) is 61.1 Å². The van der Waals surface area contributed by atoms with Crippen LogP contribution in [-0.2, 0) is 45.0 Å². The Labute approximate surface area is 337 Å². The Morgan fingerprint density at radius 2 is 1.67 bits per heavy atom. The molecule has 3 aliphatic carbocycles. The number of rotatable bonds is 2. The van der Waals surface area contributed by atoms with E-state index in [2.05, 4.69) is 24.0 Å². The molecule has 10 heteroatoms. The van der Waals surface area contributed by atoms with Gasteiger partial charge in [0, 0.05) is 48.3 Å². The van der Waals surface area contributed by atoms with E-state index in [1.165, 1.54) is 24.3 Å². The molecule has 3 aliphatic heterocycles. The van der Waals surface area contributed by atoms with Crippen molar-refractivity contribution in [2.45, 2.75) is 100 Å². The summed E-state index contributed by atoms with van der Waals surface area (Å²) in [5, 5.41) is 57.8. The molecule has 10 bridgehead atoms. The molecule has 10 atom stereocenters. The summed E-state index contributed by atoms with van der Waals surface area (Å²) >= 11 is 0. The van der Waals surface area contributed by atoms with Crippen LogP contribution in [0.3, 0.4) is 0 Å². The van der Waals surface area contributed by atoms with Crippen LogP contribution in [0.1, 0.15) is 90.2 Å². The maximum Gasteiger partial charge on any atom is 0.334 e. The molecular weight excluding hydrogens is 737 g/mol. The second-order valence-corrected chi connectivity index (χ2v) is 17.3. The van der Waals surface area contributed by atoms with E-state index in [-0.39, 0.29) is 91.0 Å². The molecule has 9 rings (SSSR count). The standard InChI is InChI=1S/C48H48O10/c49-25-28-13-32(18-36(51)15-28)29-8-9-30-23-46(54)57-44-24-43(53)33(21-37(30)44)22-45-48(56)40-7-2-1-6-31(40)20-38-39(42(52)11-10-41(38)48)16-27-5-3-4-26(12-27)14-35(50)19-34(17-29)47(55)58-45/h1,3-6,12-13,15,18-19,21,24,29-31,35,38-41,45,49-51,53,56H,2,7,10-11,14,16-17,20,22-23,25H2. The smallest absolute Gasteiger partial charge is 0.334 e. The molecule has 10 unspecified atom stereocenters. The van der Waals surface area contributed by atoms with Crippen molar-refractivity contribution in [1.29, 1.82) is 0 Å². The minimum absolute atomic E-state index is 0.0720. The van der Waals surface area contributed by atoms with E-state index >= 15 is 4.79 Å². The number of ketones is 1. The summed E-state index contributed by atoms with van der Waals surface area (Å²) in [5.74, 6) is 2.44. The second-order valence-electron chi connectivity index (χ2n) is 17.3. The third-order valence-electron chi connectivity index (χ3n) is 13.8. The molecule has 0 aromatic heterocycles. The van der Waals surface area contributed by atoms with Crippen molar-refractivity contribution >= 4 is 17.7 Å². The number of carbonyl (C=O) groups is 3. The minimum Gasteiger partial charge on any atom is -0.508 e. The number of esters is 2. The topological polar surface area (TPSA) is 171 Å². The third kappa shape index (κ3) is 7.03. The van der Waals surface area contributed by atoms with Crippen LogP contribution in [0, 0.1) is 41.4 Å². The van der Waals surface area contributed by atoms with Gasteiger partial charge in [-0.05, 0) is 114 Å². The van der Waals surface area contributed by atoms with Gasteiger partial charge in [0.05, 0.1) is 25.0 Å². The molecule has 3 heterocycles. The van der Waals surface area contributed by atoms with Gasteiger partial charge in [-0.3, -0.25) is 9.59 Å². The van der Waals surface area contributed by atoms with Crippen molar-refractivity contribution in [3.8, 4) is 29.1 Å². The maximum absolute atomic E-state index is 15.0. The highest BCUT2D eigenvalue weighted by atomic mass is 16.6. The molecule has 3 aromatic carbocycles. The fraction of sp³-hybridized carbons (Fsp3) is 0.438. The van der Waals surface area contributed by atoms with Crippen molar-refractivity contribution < 1.29 is 49.4 Å². The number of aliphatic hydroxyl groups excluding tert-OH is 2. The predicted molar refractivity (Wildman–Crippen MR) is 211 cm³/mol. The lowest BCUT2D eigenvalue weighted by atomic mass is 9.49. The Balaban J connectivity index is 1.27. The van der Waals surface area contributed by atoms with Gasteiger partial charge in [0.25, 0.3) is 0 Å². The molecule has 6 aliphatic rings. The lowest BCUT2D eigenvalue weighted by Gasteiger charge is -2.58. The average Bonchev–Trinajstić information content (AvgIpc) is 3.20. The molecule has 5 N–H and O–H groups in total. The number of aromatic hydroxyl groups is 2. The summed E-state index contributed by atoms with van der Waals surface area (Å²) < 4.78 is 12.3. The first kappa shape index (κ1) is 38.3. The Bertz CT molecular complexity index is 2300. The molecular formula is C48H48O10. The highest BCUT2D eigenvalue weighted by Gasteiger charge is 2.62. The largest absolute Gasteiger partial charge is 0.508 e. The van der Waals surface area contributed by atoms with Crippen LogP contribution in [0.15, 0.2) is 78.4 Å². The Morgan fingerprint density at radius 3 is 2.50 bits per heavy atom. The number of benzene rings is 3. The first-order chi connectivity index (χ1) is 28.0. The third-order valence-corrected chi connectivity index (χ3v) is 13.8. The summed E-state index contributed by atoms with van der Waals surface area (Å²) in [7, 11) is 0. The van der Waals surface area contributed by atoms with E-state index in [1.54, 1.807) is 12.1 Å². The highest BCUT2D eigenvalue weighted by Crippen LogP contribution is 2.57. The van der Waals surface area contributed by atoms with Gasteiger partial charge in [-0.25, -0.2) is 4.79 Å². The number of allylic oxidation sites excluding steroid dienone is 2. The Kier molecular flexibility index (Phi) is 10.0. The van der Waals surface area contributed by atoms with Crippen LogP contribution in [0.25, 0.3) is 0 Å². The van der Waals surface area contributed by atoms with Crippen molar-refractivity contribution in [3.63, 3.8) is 0 Å². The Morgan fingerprint density at radius 1 is 0.862 bits per heavy atom. The van der Waals surface area contributed by atoms with Crippen LogP contribution in [0.5, 0.6) is 17.2 Å². The molecule has 0 amide bonds. The molecule has 2 fully saturated rings. The number of Topliss-reactive ketones (excluding diaryl/α,β-unsaturated/α-hetero) is 1. The van der Waals surface area contributed by atoms with E-state index in [9.17, 15) is 35.1 Å². The van der Waals surface area contributed by atoms with Crippen molar-refractivity contribution in [3.05, 3.63) is 112 Å². The highest BCUT2D eigenvalue weighted by molar-refractivity contribution is 5.89. The summed E-state index contributed by atoms with van der Waals surface area (Å²) in [6.07, 6.45) is 6.64. The van der Waals surface area contributed by atoms with E-state index in [0.717, 1.165) is 17.5 Å². The van der Waals surface area contributed by atoms with Gasteiger partial charge in [0.1, 0.15) is 34.7 Å². The van der Waals surface area contributed by atoms with Crippen LogP contribution >= 0.6 is 0 Å². The van der Waals surface area contributed by atoms with Crippen LogP contribution in [0.4, 0.5) is 0 Å². The molecule has 0 saturated heterocycles. The van der Waals surface area contributed by atoms with Gasteiger partial charge in [0.15, 0.2) is 0 Å². The Hall–Kier alpha value is -5.21. The molecule has 2 saturated carbocycles. The summed E-state index contributed by atoms with van der Waals surface area (Å²) in [6, 6.07) is 15.6. The number of hydrogen-bond donors (Lipinski definition) is 5. The summed E-state index contributed by atoms with van der Waals surface area (Å²) in [5.41, 5.74) is 2.16. The number of carbonyl (C=O) groups excluding carboxylic acids is 3. The van der Waals surface area contributed by atoms with E-state index in [1.807, 2.05) is 24.3 Å². The fourth-order valence-corrected chi connectivity index (χ4v) is 11.1. The summed E-state index contributed by atoms with van der Waals surface area (Å²) in [4.78, 5) is 41.9. The zero-order valence-corrected chi connectivity index (χ0v) is 32.2. The molecule has 10 nitrogen and oxygen atoms in total. The first-order valence-corrected chi connectivity index (χ1v) is 20.6. The van der Waals surface area contributed by atoms with Crippen LogP contribution < -0.4 is 4.74 Å². The predicted octanol–water partition coefficient (Wildman–Crippen LogP) is 5.64. The van der Waals surface area contributed by atoms with Crippen molar-refractivity contribution in [2.75, 3.05) is 0 Å². The summed E-state index contributed by atoms with van der Waals surface area (Å²) in [6.45, 7) is -0.357. The number of phenols is 2. The maximum atomic E-state index is 15.0. The molecule has 58 heavy (non-hydrogen) atoms. The normalized spacial score (nSPS) is 32.9. The van der Waals surface area contributed by atoms with Crippen molar-refractivity contribution in [2.24, 2.45) is 29.6 Å². The van der Waals surface area contributed by atoms with E-state index < -0.39 is 47.5 Å². The number of aliphatic hydroxyl groups is 3. The number of hydrogen-bond acceptors (Lipinski definition) is 10. The molecule has 0 radical (unpaired) electrons.